The van der Waals surface area contributed by atoms with E-state index >= 15 is 0 Å². The molecule has 2 aliphatic heterocycles. The number of anilines is 2. The maximum absolute atomic E-state index is 12.7. The molecule has 0 saturated carbocycles. The molecule has 2 aliphatic rings. The van der Waals surface area contributed by atoms with Crippen molar-refractivity contribution in [1.82, 2.24) is 4.90 Å². The quantitative estimate of drug-likeness (QED) is 0.836. The first-order chi connectivity index (χ1) is 14.4. The fourth-order valence-corrected chi connectivity index (χ4v) is 3.53. The molecule has 2 aromatic carbocycles. The predicted octanol–water partition coefficient (Wildman–Crippen LogP) is 2.15. The zero-order valence-corrected chi connectivity index (χ0v) is 16.9. The van der Waals surface area contributed by atoms with Gasteiger partial charge in [0.1, 0.15) is 13.2 Å². The minimum Gasteiger partial charge on any atom is -0.486 e. The maximum Gasteiger partial charge on any atom is 0.253 e. The van der Waals surface area contributed by atoms with Crippen LogP contribution in [-0.4, -0.2) is 56.5 Å². The summed E-state index contributed by atoms with van der Waals surface area (Å²) in [5.74, 6) is 0.348. The van der Waals surface area contributed by atoms with E-state index in [2.05, 4.69) is 5.32 Å². The number of hydrogen-bond donors (Lipinski definition) is 1. The molecule has 2 heterocycles. The Labute approximate surface area is 174 Å². The Morgan fingerprint density at radius 1 is 1.03 bits per heavy atom. The molecule has 0 bridgehead atoms. The summed E-state index contributed by atoms with van der Waals surface area (Å²) in [5, 5.41) is 2.83. The molecule has 3 amide bonds. The summed E-state index contributed by atoms with van der Waals surface area (Å²) < 4.78 is 11.1. The SMILES string of the molecule is CN(C)C(=O)c1ccc(NC(=O)[C@@H]2CC(=O)N(c3ccc4c(c3)OCCO4)C2)cc1. The third-order valence-electron chi connectivity index (χ3n) is 5.14. The summed E-state index contributed by atoms with van der Waals surface area (Å²) in [4.78, 5) is 40.3. The van der Waals surface area contributed by atoms with Gasteiger partial charge >= 0.3 is 0 Å². The summed E-state index contributed by atoms with van der Waals surface area (Å²) in [6, 6.07) is 12.0. The monoisotopic (exact) mass is 409 g/mol. The molecule has 1 fully saturated rings. The minimum atomic E-state index is -0.464. The average Bonchev–Trinajstić information content (AvgIpc) is 3.15. The van der Waals surface area contributed by atoms with E-state index in [4.69, 9.17) is 9.47 Å². The van der Waals surface area contributed by atoms with E-state index in [-0.39, 0.29) is 24.1 Å². The van der Waals surface area contributed by atoms with Gasteiger partial charge in [-0.3, -0.25) is 14.4 Å². The van der Waals surface area contributed by atoms with Gasteiger partial charge in [0, 0.05) is 50.1 Å². The van der Waals surface area contributed by atoms with Crippen LogP contribution in [0.4, 0.5) is 11.4 Å². The summed E-state index contributed by atoms with van der Waals surface area (Å²) in [6.07, 6.45) is 0.136. The van der Waals surface area contributed by atoms with Gasteiger partial charge in [0.25, 0.3) is 5.91 Å². The highest BCUT2D eigenvalue weighted by Gasteiger charge is 2.35. The molecular formula is C22H23N3O5. The predicted molar refractivity (Wildman–Crippen MR) is 111 cm³/mol. The summed E-state index contributed by atoms with van der Waals surface area (Å²) in [5.41, 5.74) is 1.81. The zero-order valence-electron chi connectivity index (χ0n) is 16.9. The molecule has 1 N–H and O–H groups in total. The number of nitrogens with zero attached hydrogens (tertiary/aromatic N) is 2. The van der Waals surface area contributed by atoms with Crippen molar-refractivity contribution in [2.24, 2.45) is 5.92 Å². The Morgan fingerprint density at radius 3 is 2.43 bits per heavy atom. The molecule has 156 valence electrons. The van der Waals surface area contributed by atoms with Crippen LogP contribution in [0, 0.1) is 5.92 Å². The lowest BCUT2D eigenvalue weighted by molar-refractivity contribution is -0.122. The molecule has 2 aromatic rings. The number of ether oxygens (including phenoxy) is 2. The van der Waals surface area contributed by atoms with Crippen molar-refractivity contribution < 1.29 is 23.9 Å². The van der Waals surface area contributed by atoms with E-state index in [0.717, 1.165) is 0 Å². The van der Waals surface area contributed by atoms with Crippen LogP contribution in [0.15, 0.2) is 42.5 Å². The molecule has 8 heteroatoms. The highest BCUT2D eigenvalue weighted by molar-refractivity contribution is 6.04. The highest BCUT2D eigenvalue weighted by atomic mass is 16.6. The Hall–Kier alpha value is -3.55. The van der Waals surface area contributed by atoms with Crippen molar-refractivity contribution in [2.75, 3.05) is 44.1 Å². The van der Waals surface area contributed by atoms with Crippen LogP contribution in [0.5, 0.6) is 11.5 Å². The second-order valence-corrected chi connectivity index (χ2v) is 7.50. The number of benzene rings is 2. The van der Waals surface area contributed by atoms with Gasteiger partial charge in [-0.1, -0.05) is 0 Å². The standard InChI is InChI=1S/C22H23N3O5/c1-24(2)22(28)14-3-5-16(6-4-14)23-21(27)15-11-20(26)25(13-15)17-7-8-18-19(12-17)30-10-9-29-18/h3-8,12,15H,9-11,13H2,1-2H3,(H,23,27)/t15-/m1/s1. The molecule has 8 nitrogen and oxygen atoms in total. The minimum absolute atomic E-state index is 0.107. The zero-order chi connectivity index (χ0) is 21.3. The summed E-state index contributed by atoms with van der Waals surface area (Å²) >= 11 is 0. The molecule has 0 aromatic heterocycles. The number of hydrogen-bond acceptors (Lipinski definition) is 5. The largest absolute Gasteiger partial charge is 0.486 e. The normalized spacial score (nSPS) is 17.6. The number of rotatable bonds is 4. The van der Waals surface area contributed by atoms with Crippen LogP contribution in [0.3, 0.4) is 0 Å². The summed E-state index contributed by atoms with van der Waals surface area (Å²) in [7, 11) is 3.37. The topological polar surface area (TPSA) is 88.2 Å². The maximum atomic E-state index is 12.7. The van der Waals surface area contributed by atoms with Crippen molar-refractivity contribution in [3.05, 3.63) is 48.0 Å². The van der Waals surface area contributed by atoms with E-state index in [1.54, 1.807) is 61.5 Å². The van der Waals surface area contributed by atoms with Crippen molar-refractivity contribution in [3.63, 3.8) is 0 Å². The highest BCUT2D eigenvalue weighted by Crippen LogP contribution is 2.36. The third kappa shape index (κ3) is 3.94. The van der Waals surface area contributed by atoms with Crippen LogP contribution in [0.25, 0.3) is 0 Å². The molecule has 0 radical (unpaired) electrons. The van der Waals surface area contributed by atoms with Crippen LogP contribution in [0.1, 0.15) is 16.8 Å². The van der Waals surface area contributed by atoms with Crippen molar-refractivity contribution in [1.29, 1.82) is 0 Å². The Bertz CT molecular complexity index is 987. The first kappa shape index (κ1) is 19.8. The van der Waals surface area contributed by atoms with Gasteiger partial charge in [-0.2, -0.15) is 0 Å². The number of amides is 3. The lowest BCUT2D eigenvalue weighted by atomic mass is 10.1. The lowest BCUT2D eigenvalue weighted by Gasteiger charge is -2.22. The number of carbonyl (C=O) groups excluding carboxylic acids is 3. The van der Waals surface area contributed by atoms with Gasteiger partial charge in [-0.15, -0.1) is 0 Å². The first-order valence-electron chi connectivity index (χ1n) is 9.75. The van der Waals surface area contributed by atoms with Crippen molar-refractivity contribution in [3.8, 4) is 11.5 Å². The van der Waals surface area contributed by atoms with Gasteiger partial charge in [0.15, 0.2) is 11.5 Å². The van der Waals surface area contributed by atoms with Gasteiger partial charge in [-0.05, 0) is 36.4 Å². The second kappa shape index (κ2) is 8.06. The first-order valence-corrected chi connectivity index (χ1v) is 9.75. The fraction of sp³-hybridized carbons (Fsp3) is 0.318. The van der Waals surface area contributed by atoms with E-state index in [1.807, 2.05) is 0 Å². The Morgan fingerprint density at radius 2 is 1.73 bits per heavy atom. The van der Waals surface area contributed by atoms with Crippen molar-refractivity contribution >= 4 is 29.1 Å². The smallest absolute Gasteiger partial charge is 0.253 e. The van der Waals surface area contributed by atoms with E-state index in [0.29, 0.717) is 48.2 Å². The third-order valence-corrected chi connectivity index (χ3v) is 5.14. The number of carbonyl (C=O) groups is 3. The summed E-state index contributed by atoms with van der Waals surface area (Å²) in [6.45, 7) is 1.26. The van der Waals surface area contributed by atoms with Crippen LogP contribution < -0.4 is 19.7 Å². The van der Waals surface area contributed by atoms with Crippen LogP contribution in [0.2, 0.25) is 0 Å². The molecule has 1 saturated heterocycles. The van der Waals surface area contributed by atoms with Gasteiger partial charge in [-0.25, -0.2) is 0 Å². The Balaban J connectivity index is 1.41. The van der Waals surface area contributed by atoms with Gasteiger partial charge in [0.2, 0.25) is 11.8 Å². The molecular weight excluding hydrogens is 386 g/mol. The van der Waals surface area contributed by atoms with Crippen molar-refractivity contribution in [2.45, 2.75) is 6.42 Å². The fourth-order valence-electron chi connectivity index (χ4n) is 3.53. The molecule has 0 spiro atoms. The Kier molecular flexibility index (Phi) is 5.31. The molecule has 30 heavy (non-hydrogen) atoms. The molecule has 1 atom stereocenters. The van der Waals surface area contributed by atoms with E-state index in [9.17, 15) is 14.4 Å². The molecule has 0 unspecified atom stereocenters. The van der Waals surface area contributed by atoms with Crippen LogP contribution in [-0.2, 0) is 9.59 Å². The van der Waals surface area contributed by atoms with Crippen LogP contribution >= 0.6 is 0 Å². The molecule has 4 rings (SSSR count). The van der Waals surface area contributed by atoms with E-state index < -0.39 is 5.92 Å². The van der Waals surface area contributed by atoms with Gasteiger partial charge in [0.05, 0.1) is 5.92 Å². The second-order valence-electron chi connectivity index (χ2n) is 7.50. The lowest BCUT2D eigenvalue weighted by Crippen LogP contribution is -2.28. The van der Waals surface area contributed by atoms with Gasteiger partial charge < -0.3 is 24.6 Å². The molecule has 0 aliphatic carbocycles. The average molecular weight is 409 g/mol. The number of fused-ring (bicyclic) bond motifs is 1. The van der Waals surface area contributed by atoms with E-state index in [1.165, 1.54) is 4.90 Å². The number of nitrogens with one attached hydrogen (secondary N) is 1.